The van der Waals surface area contributed by atoms with Gasteiger partial charge in [-0.1, -0.05) is 31.4 Å². The molecule has 0 saturated carbocycles. The summed E-state index contributed by atoms with van der Waals surface area (Å²) in [6.07, 6.45) is 5.04. The van der Waals surface area contributed by atoms with Crippen molar-refractivity contribution < 1.29 is 0 Å². The molecule has 1 aromatic carbocycles. The molecule has 2 rings (SSSR count). The Bertz CT molecular complexity index is 394. The standard InChI is InChI=1S/C15H22ClNS/c1-3-4-5-11(2)17-14-8-9-18-15-7-6-12(16)10-13(14)15/h6-7,10-11,14,17H,3-5,8-9H2,1-2H3. The first-order valence-corrected chi connectivity index (χ1v) is 8.25. The molecule has 1 nitrogen and oxygen atoms in total. The Balaban J connectivity index is 2.05. The zero-order chi connectivity index (χ0) is 13.0. The normalized spacial score (nSPS) is 20.5. The molecule has 0 saturated heterocycles. The third-order valence-corrected chi connectivity index (χ3v) is 4.85. The summed E-state index contributed by atoms with van der Waals surface area (Å²) < 4.78 is 0. The molecule has 18 heavy (non-hydrogen) atoms. The van der Waals surface area contributed by atoms with Crippen LogP contribution in [-0.2, 0) is 0 Å². The summed E-state index contributed by atoms with van der Waals surface area (Å²) in [6.45, 7) is 4.54. The first kappa shape index (κ1) is 14.2. The van der Waals surface area contributed by atoms with Crippen LogP contribution in [-0.4, -0.2) is 11.8 Å². The van der Waals surface area contributed by atoms with Gasteiger partial charge in [0.2, 0.25) is 0 Å². The van der Waals surface area contributed by atoms with E-state index in [1.807, 2.05) is 17.8 Å². The van der Waals surface area contributed by atoms with Gasteiger partial charge in [-0.2, -0.15) is 0 Å². The van der Waals surface area contributed by atoms with Crippen molar-refractivity contribution in [1.29, 1.82) is 0 Å². The third kappa shape index (κ3) is 3.66. The number of nitrogens with one attached hydrogen (secondary N) is 1. The van der Waals surface area contributed by atoms with Crippen LogP contribution in [0.4, 0.5) is 0 Å². The van der Waals surface area contributed by atoms with Crippen LogP contribution in [0.5, 0.6) is 0 Å². The van der Waals surface area contributed by atoms with Gasteiger partial charge in [0.1, 0.15) is 0 Å². The molecule has 1 aromatic rings. The monoisotopic (exact) mass is 283 g/mol. The van der Waals surface area contributed by atoms with Crippen molar-refractivity contribution >= 4 is 23.4 Å². The SMILES string of the molecule is CCCCC(C)NC1CCSc2ccc(Cl)cc21. The number of benzene rings is 1. The Morgan fingerprint density at radius 3 is 3.11 bits per heavy atom. The first-order chi connectivity index (χ1) is 8.70. The van der Waals surface area contributed by atoms with Crippen LogP contribution in [0, 0.1) is 0 Å². The van der Waals surface area contributed by atoms with Crippen LogP contribution in [0.15, 0.2) is 23.1 Å². The Labute approximate surface area is 120 Å². The summed E-state index contributed by atoms with van der Waals surface area (Å²) in [6, 6.07) is 7.35. The van der Waals surface area contributed by atoms with Gasteiger partial charge in [-0.05, 0) is 49.3 Å². The summed E-state index contributed by atoms with van der Waals surface area (Å²) in [7, 11) is 0. The summed E-state index contributed by atoms with van der Waals surface area (Å²) in [5.74, 6) is 1.20. The van der Waals surface area contributed by atoms with E-state index in [1.165, 1.54) is 41.9 Å². The molecular weight excluding hydrogens is 262 g/mol. The van der Waals surface area contributed by atoms with Crippen LogP contribution in [0.25, 0.3) is 0 Å². The molecule has 0 spiro atoms. The van der Waals surface area contributed by atoms with E-state index in [0.717, 1.165) is 5.02 Å². The van der Waals surface area contributed by atoms with Crippen molar-refractivity contribution in [3.63, 3.8) is 0 Å². The maximum Gasteiger partial charge on any atom is 0.0410 e. The van der Waals surface area contributed by atoms with Crippen LogP contribution < -0.4 is 5.32 Å². The van der Waals surface area contributed by atoms with Crippen molar-refractivity contribution in [2.45, 2.75) is 56.5 Å². The summed E-state index contributed by atoms with van der Waals surface area (Å²) in [4.78, 5) is 1.39. The second-order valence-electron chi connectivity index (χ2n) is 5.08. The Hall–Kier alpha value is -0.180. The molecule has 1 N–H and O–H groups in total. The molecule has 2 unspecified atom stereocenters. The van der Waals surface area contributed by atoms with Gasteiger partial charge < -0.3 is 5.32 Å². The molecule has 0 bridgehead atoms. The van der Waals surface area contributed by atoms with E-state index in [1.54, 1.807) is 0 Å². The molecule has 0 amide bonds. The van der Waals surface area contributed by atoms with Crippen LogP contribution in [0.1, 0.15) is 51.1 Å². The molecule has 1 heterocycles. The fraction of sp³-hybridized carbons (Fsp3) is 0.600. The maximum atomic E-state index is 6.13. The van der Waals surface area contributed by atoms with E-state index in [0.29, 0.717) is 12.1 Å². The molecule has 3 heteroatoms. The first-order valence-electron chi connectivity index (χ1n) is 6.89. The van der Waals surface area contributed by atoms with Crippen molar-refractivity contribution in [2.75, 3.05) is 5.75 Å². The highest BCUT2D eigenvalue weighted by Gasteiger charge is 2.21. The summed E-state index contributed by atoms with van der Waals surface area (Å²) >= 11 is 8.07. The quantitative estimate of drug-likeness (QED) is 0.812. The molecule has 0 aliphatic carbocycles. The number of unbranched alkanes of at least 4 members (excludes halogenated alkanes) is 1. The van der Waals surface area contributed by atoms with Crippen molar-refractivity contribution in [3.8, 4) is 0 Å². The number of fused-ring (bicyclic) bond motifs is 1. The lowest BCUT2D eigenvalue weighted by Gasteiger charge is -2.29. The Morgan fingerprint density at radius 2 is 2.33 bits per heavy atom. The summed E-state index contributed by atoms with van der Waals surface area (Å²) in [5, 5.41) is 4.62. The third-order valence-electron chi connectivity index (χ3n) is 3.49. The minimum Gasteiger partial charge on any atom is -0.307 e. The average molecular weight is 284 g/mol. The van der Waals surface area contributed by atoms with Gasteiger partial charge in [0, 0.05) is 22.0 Å². The Morgan fingerprint density at radius 1 is 1.50 bits per heavy atom. The number of hydrogen-bond acceptors (Lipinski definition) is 2. The number of hydrogen-bond donors (Lipinski definition) is 1. The zero-order valence-corrected chi connectivity index (χ0v) is 12.8. The Kier molecular flexibility index (Phi) is 5.40. The largest absolute Gasteiger partial charge is 0.307 e. The van der Waals surface area contributed by atoms with E-state index in [-0.39, 0.29) is 0 Å². The molecule has 1 aliphatic rings. The van der Waals surface area contributed by atoms with Crippen molar-refractivity contribution in [1.82, 2.24) is 5.32 Å². The second kappa shape index (κ2) is 6.83. The van der Waals surface area contributed by atoms with Gasteiger partial charge in [-0.15, -0.1) is 11.8 Å². The minimum atomic E-state index is 0.479. The van der Waals surface area contributed by atoms with Gasteiger partial charge in [-0.3, -0.25) is 0 Å². The van der Waals surface area contributed by atoms with Crippen LogP contribution >= 0.6 is 23.4 Å². The smallest absolute Gasteiger partial charge is 0.0410 e. The van der Waals surface area contributed by atoms with Crippen molar-refractivity contribution in [2.24, 2.45) is 0 Å². The van der Waals surface area contributed by atoms with E-state index in [4.69, 9.17) is 11.6 Å². The number of rotatable bonds is 5. The molecule has 100 valence electrons. The van der Waals surface area contributed by atoms with Gasteiger partial charge in [0.15, 0.2) is 0 Å². The lowest BCUT2D eigenvalue weighted by Crippen LogP contribution is -2.32. The van der Waals surface area contributed by atoms with E-state index in [9.17, 15) is 0 Å². The zero-order valence-electron chi connectivity index (χ0n) is 11.2. The predicted octanol–water partition coefficient (Wildman–Crippen LogP) is 5.05. The molecule has 0 radical (unpaired) electrons. The lowest BCUT2D eigenvalue weighted by atomic mass is 10.0. The second-order valence-corrected chi connectivity index (χ2v) is 6.65. The number of thioether (sulfide) groups is 1. The maximum absolute atomic E-state index is 6.13. The highest BCUT2D eigenvalue weighted by Crippen LogP contribution is 2.37. The average Bonchev–Trinajstić information content (AvgIpc) is 2.37. The van der Waals surface area contributed by atoms with Gasteiger partial charge >= 0.3 is 0 Å². The van der Waals surface area contributed by atoms with Crippen LogP contribution in [0.2, 0.25) is 5.02 Å². The highest BCUT2D eigenvalue weighted by atomic mass is 35.5. The van der Waals surface area contributed by atoms with Gasteiger partial charge in [-0.25, -0.2) is 0 Å². The predicted molar refractivity (Wildman–Crippen MR) is 81.7 cm³/mol. The van der Waals surface area contributed by atoms with E-state index < -0.39 is 0 Å². The van der Waals surface area contributed by atoms with Crippen LogP contribution in [0.3, 0.4) is 0 Å². The molecule has 0 aromatic heterocycles. The fourth-order valence-electron chi connectivity index (χ4n) is 2.48. The van der Waals surface area contributed by atoms with E-state index in [2.05, 4.69) is 31.3 Å². The molecular formula is C15H22ClNS. The summed E-state index contributed by atoms with van der Waals surface area (Å²) in [5.41, 5.74) is 1.39. The fourth-order valence-corrected chi connectivity index (χ4v) is 3.76. The lowest BCUT2D eigenvalue weighted by molar-refractivity contribution is 0.414. The van der Waals surface area contributed by atoms with Gasteiger partial charge in [0.05, 0.1) is 0 Å². The highest BCUT2D eigenvalue weighted by molar-refractivity contribution is 7.99. The molecule has 2 atom stereocenters. The van der Waals surface area contributed by atoms with Crippen molar-refractivity contribution in [3.05, 3.63) is 28.8 Å². The molecule has 1 aliphatic heterocycles. The number of halogens is 1. The van der Waals surface area contributed by atoms with E-state index >= 15 is 0 Å². The topological polar surface area (TPSA) is 12.0 Å². The minimum absolute atomic E-state index is 0.479. The van der Waals surface area contributed by atoms with Gasteiger partial charge in [0.25, 0.3) is 0 Å². The molecule has 0 fully saturated rings.